The molecule has 1 aliphatic rings. The maximum atomic E-state index is 4.73. The molecule has 1 saturated heterocycles. The van der Waals surface area contributed by atoms with Crippen LogP contribution >= 0.6 is 24.0 Å². The van der Waals surface area contributed by atoms with Gasteiger partial charge in [0.05, 0.1) is 6.54 Å². The first-order valence-electron chi connectivity index (χ1n) is 10.5. The van der Waals surface area contributed by atoms with Crippen LogP contribution in [0.4, 0.5) is 5.82 Å². The Kier molecular flexibility index (Phi) is 9.84. The molecule has 6 nitrogen and oxygen atoms in total. The Morgan fingerprint density at radius 3 is 2.47 bits per heavy atom. The van der Waals surface area contributed by atoms with Crippen molar-refractivity contribution in [3.05, 3.63) is 58.8 Å². The normalized spacial score (nSPS) is 14.9. The van der Waals surface area contributed by atoms with Crippen LogP contribution in [0.15, 0.2) is 41.5 Å². The second-order valence-electron chi connectivity index (χ2n) is 7.79. The van der Waals surface area contributed by atoms with E-state index in [1.165, 1.54) is 16.7 Å². The summed E-state index contributed by atoms with van der Waals surface area (Å²) in [5, 5.41) is 6.77. The highest BCUT2D eigenvalue weighted by Crippen LogP contribution is 2.14. The van der Waals surface area contributed by atoms with E-state index in [1.807, 2.05) is 6.20 Å². The molecule has 2 heterocycles. The van der Waals surface area contributed by atoms with Crippen LogP contribution in [0.2, 0.25) is 0 Å². The average Bonchev–Trinajstić information content (AvgIpc) is 2.72. The number of hydrogen-bond donors (Lipinski definition) is 2. The van der Waals surface area contributed by atoms with Gasteiger partial charge in [0.2, 0.25) is 0 Å². The van der Waals surface area contributed by atoms with E-state index in [9.17, 15) is 0 Å². The third-order valence-electron chi connectivity index (χ3n) is 5.34. The molecular weight excluding hydrogens is 487 g/mol. The number of pyridine rings is 1. The monoisotopic (exact) mass is 522 g/mol. The lowest BCUT2D eigenvalue weighted by Crippen LogP contribution is -2.44. The Balaban J connectivity index is 0.00000320. The minimum absolute atomic E-state index is 0. The summed E-state index contributed by atoms with van der Waals surface area (Å²) in [5.41, 5.74) is 5.00. The molecule has 0 saturated carbocycles. The van der Waals surface area contributed by atoms with E-state index >= 15 is 0 Å². The standard InChI is InChI=1S/C23H34N6.HI/c1-5-24-23(27-17-21-8-6-18(2)14-19(21)3)26-16-20-7-9-22(25-15-20)29-12-10-28(4)11-13-29;/h6-9,14-15H,5,10-13,16-17H2,1-4H3,(H2,24,26,27);1H. The highest BCUT2D eigenvalue weighted by Gasteiger charge is 2.14. The van der Waals surface area contributed by atoms with Gasteiger partial charge in [-0.25, -0.2) is 9.98 Å². The van der Waals surface area contributed by atoms with Crippen LogP contribution in [0.3, 0.4) is 0 Å². The van der Waals surface area contributed by atoms with E-state index in [2.05, 4.69) is 83.6 Å². The number of anilines is 1. The quantitative estimate of drug-likeness (QED) is 0.347. The molecule has 0 unspecified atom stereocenters. The van der Waals surface area contributed by atoms with Crippen LogP contribution in [0.25, 0.3) is 0 Å². The van der Waals surface area contributed by atoms with Crippen molar-refractivity contribution in [1.82, 2.24) is 20.5 Å². The molecule has 164 valence electrons. The van der Waals surface area contributed by atoms with Crippen LogP contribution in [0.1, 0.15) is 29.2 Å². The number of guanidine groups is 1. The summed E-state index contributed by atoms with van der Waals surface area (Å²) < 4.78 is 0. The van der Waals surface area contributed by atoms with Crippen LogP contribution in [0, 0.1) is 13.8 Å². The first-order valence-corrected chi connectivity index (χ1v) is 10.5. The largest absolute Gasteiger partial charge is 0.357 e. The van der Waals surface area contributed by atoms with Gasteiger partial charge in [-0.2, -0.15) is 0 Å². The van der Waals surface area contributed by atoms with Gasteiger partial charge < -0.3 is 20.4 Å². The fourth-order valence-corrected chi connectivity index (χ4v) is 3.47. The number of halogens is 1. The van der Waals surface area contributed by atoms with Gasteiger partial charge in [-0.05, 0) is 50.6 Å². The number of aliphatic imine (C=N–C) groups is 1. The number of nitrogens with one attached hydrogen (secondary N) is 2. The molecule has 0 radical (unpaired) electrons. The van der Waals surface area contributed by atoms with Crippen molar-refractivity contribution in [1.29, 1.82) is 0 Å². The lowest BCUT2D eigenvalue weighted by molar-refractivity contribution is 0.312. The van der Waals surface area contributed by atoms with Crippen LogP contribution in [-0.2, 0) is 13.1 Å². The molecule has 7 heteroatoms. The summed E-state index contributed by atoms with van der Waals surface area (Å²) in [6.45, 7) is 12.8. The molecule has 0 amide bonds. The summed E-state index contributed by atoms with van der Waals surface area (Å²) in [4.78, 5) is 14.1. The number of nitrogens with zero attached hydrogens (tertiary/aromatic N) is 4. The molecule has 30 heavy (non-hydrogen) atoms. The molecule has 1 aromatic carbocycles. The Hall–Kier alpha value is -1.87. The number of likely N-dealkylation sites (N-methyl/N-ethyl adjacent to an activating group) is 1. The van der Waals surface area contributed by atoms with Crippen molar-refractivity contribution in [2.75, 3.05) is 44.7 Å². The van der Waals surface area contributed by atoms with E-state index in [-0.39, 0.29) is 24.0 Å². The molecule has 0 atom stereocenters. The summed E-state index contributed by atoms with van der Waals surface area (Å²) >= 11 is 0. The van der Waals surface area contributed by atoms with Gasteiger partial charge in [0.1, 0.15) is 5.82 Å². The van der Waals surface area contributed by atoms with Crippen LogP contribution < -0.4 is 15.5 Å². The zero-order valence-corrected chi connectivity index (χ0v) is 20.9. The smallest absolute Gasteiger partial charge is 0.191 e. The molecule has 1 aromatic heterocycles. The molecule has 0 spiro atoms. The van der Waals surface area contributed by atoms with E-state index in [0.29, 0.717) is 6.54 Å². The van der Waals surface area contributed by atoms with E-state index < -0.39 is 0 Å². The maximum Gasteiger partial charge on any atom is 0.191 e. The Bertz CT molecular complexity index is 813. The number of aryl methyl sites for hydroxylation is 2. The van der Waals surface area contributed by atoms with Gasteiger partial charge in [-0.15, -0.1) is 24.0 Å². The van der Waals surface area contributed by atoms with Crippen molar-refractivity contribution in [2.24, 2.45) is 4.99 Å². The molecule has 0 bridgehead atoms. The lowest BCUT2D eigenvalue weighted by atomic mass is 10.1. The summed E-state index contributed by atoms with van der Waals surface area (Å²) in [7, 11) is 2.17. The van der Waals surface area contributed by atoms with Crippen molar-refractivity contribution >= 4 is 35.8 Å². The third-order valence-corrected chi connectivity index (χ3v) is 5.34. The van der Waals surface area contributed by atoms with Crippen LogP contribution in [0.5, 0.6) is 0 Å². The molecule has 2 N–H and O–H groups in total. The molecular formula is C23H35IN6. The summed E-state index contributed by atoms with van der Waals surface area (Å²) in [5.74, 6) is 1.89. The highest BCUT2D eigenvalue weighted by molar-refractivity contribution is 14.0. The van der Waals surface area contributed by atoms with E-state index in [1.54, 1.807) is 0 Å². The predicted molar refractivity (Wildman–Crippen MR) is 137 cm³/mol. The fraction of sp³-hybridized carbons (Fsp3) is 0.478. The lowest BCUT2D eigenvalue weighted by Gasteiger charge is -2.33. The zero-order valence-electron chi connectivity index (χ0n) is 18.6. The Labute approximate surface area is 198 Å². The summed E-state index contributed by atoms with van der Waals surface area (Å²) in [6, 6.07) is 10.8. The van der Waals surface area contributed by atoms with Crippen LogP contribution in [-0.4, -0.2) is 55.6 Å². The van der Waals surface area contributed by atoms with Gasteiger partial charge in [0.15, 0.2) is 5.96 Å². The minimum atomic E-state index is 0. The average molecular weight is 522 g/mol. The second-order valence-corrected chi connectivity index (χ2v) is 7.79. The third kappa shape index (κ3) is 7.12. The maximum absolute atomic E-state index is 4.73. The molecule has 1 aliphatic heterocycles. The number of benzene rings is 1. The minimum Gasteiger partial charge on any atom is -0.357 e. The van der Waals surface area contributed by atoms with E-state index in [4.69, 9.17) is 4.99 Å². The zero-order chi connectivity index (χ0) is 20.6. The van der Waals surface area contributed by atoms with Crippen molar-refractivity contribution < 1.29 is 0 Å². The summed E-state index contributed by atoms with van der Waals surface area (Å²) in [6.07, 6.45) is 1.95. The van der Waals surface area contributed by atoms with Crippen molar-refractivity contribution in [3.8, 4) is 0 Å². The number of aromatic nitrogens is 1. The Morgan fingerprint density at radius 2 is 1.83 bits per heavy atom. The SMILES string of the molecule is CCNC(=NCc1ccc(N2CCN(C)CC2)nc1)NCc1ccc(C)cc1C.I. The Morgan fingerprint density at radius 1 is 1.07 bits per heavy atom. The van der Waals surface area contributed by atoms with Gasteiger partial charge in [-0.3, -0.25) is 0 Å². The second kappa shape index (κ2) is 12.1. The van der Waals surface area contributed by atoms with Crippen molar-refractivity contribution in [2.45, 2.75) is 33.9 Å². The predicted octanol–water partition coefficient (Wildman–Crippen LogP) is 3.32. The fourth-order valence-electron chi connectivity index (χ4n) is 3.47. The van der Waals surface area contributed by atoms with Gasteiger partial charge in [0.25, 0.3) is 0 Å². The number of rotatable bonds is 6. The highest BCUT2D eigenvalue weighted by atomic mass is 127. The number of piperazine rings is 1. The first kappa shape index (κ1) is 24.4. The number of hydrogen-bond acceptors (Lipinski definition) is 4. The molecule has 2 aromatic rings. The van der Waals surface area contributed by atoms with Crippen molar-refractivity contribution in [3.63, 3.8) is 0 Å². The first-order chi connectivity index (χ1) is 14.0. The van der Waals surface area contributed by atoms with E-state index in [0.717, 1.165) is 56.6 Å². The molecule has 3 rings (SSSR count). The topological polar surface area (TPSA) is 55.8 Å². The molecule has 1 fully saturated rings. The van der Waals surface area contributed by atoms with Gasteiger partial charge >= 0.3 is 0 Å². The molecule has 0 aliphatic carbocycles. The van der Waals surface area contributed by atoms with Gasteiger partial charge in [0, 0.05) is 45.5 Å². The van der Waals surface area contributed by atoms with Gasteiger partial charge in [-0.1, -0.05) is 29.8 Å².